The molecule has 2 heterocycles. The molecule has 0 aromatic heterocycles. The molecular formula is C12H20O2Si. The van der Waals surface area contributed by atoms with Crippen molar-refractivity contribution in [3.8, 4) is 0 Å². The maximum Gasteiger partial charge on any atom is 0.168 e. The van der Waals surface area contributed by atoms with Crippen LogP contribution in [0.25, 0.3) is 0 Å². The molecule has 2 rings (SSSR count). The van der Waals surface area contributed by atoms with Gasteiger partial charge in [0, 0.05) is 14.5 Å². The van der Waals surface area contributed by atoms with Gasteiger partial charge >= 0.3 is 0 Å². The van der Waals surface area contributed by atoms with Crippen molar-refractivity contribution in [2.45, 2.75) is 50.7 Å². The van der Waals surface area contributed by atoms with E-state index in [9.17, 15) is 4.79 Å². The normalized spacial score (nSPS) is 39.9. The zero-order valence-corrected chi connectivity index (χ0v) is 11.0. The molecule has 2 bridgehead atoms. The van der Waals surface area contributed by atoms with E-state index in [0.29, 0.717) is 18.1 Å². The average Bonchev–Trinajstić information content (AvgIpc) is 2.41. The molecule has 2 aliphatic heterocycles. The van der Waals surface area contributed by atoms with Crippen molar-refractivity contribution in [1.82, 2.24) is 0 Å². The Kier molecular flexibility index (Phi) is 2.43. The lowest BCUT2D eigenvalue weighted by atomic mass is 9.90. The third-order valence-corrected chi connectivity index (χ3v) is 4.82. The van der Waals surface area contributed by atoms with Crippen LogP contribution in [0.4, 0.5) is 0 Å². The fourth-order valence-electron chi connectivity index (χ4n) is 2.60. The quantitative estimate of drug-likeness (QED) is 0.532. The highest BCUT2D eigenvalue weighted by molar-refractivity contribution is 6.76. The number of rotatable bonds is 2. The van der Waals surface area contributed by atoms with Gasteiger partial charge in [0.15, 0.2) is 5.78 Å². The fraction of sp³-hybridized carbons (Fsp3) is 0.750. The van der Waals surface area contributed by atoms with Crippen molar-refractivity contribution in [2.75, 3.05) is 0 Å². The molecule has 2 aliphatic rings. The molecule has 2 nitrogen and oxygen atoms in total. The van der Waals surface area contributed by atoms with Crippen LogP contribution in [0.1, 0.15) is 13.3 Å². The molecule has 1 fully saturated rings. The van der Waals surface area contributed by atoms with Gasteiger partial charge in [-0.05, 0) is 18.0 Å². The molecular weight excluding hydrogens is 204 g/mol. The van der Waals surface area contributed by atoms with Crippen molar-refractivity contribution in [3.05, 3.63) is 12.2 Å². The molecule has 0 N–H and O–H groups in total. The van der Waals surface area contributed by atoms with Gasteiger partial charge in [0.05, 0.1) is 6.10 Å². The van der Waals surface area contributed by atoms with E-state index in [2.05, 4.69) is 32.6 Å². The van der Waals surface area contributed by atoms with Gasteiger partial charge in [0.2, 0.25) is 0 Å². The van der Waals surface area contributed by atoms with E-state index in [1.165, 1.54) is 0 Å². The molecule has 0 saturated carbocycles. The first-order valence-corrected chi connectivity index (χ1v) is 9.44. The molecule has 0 aromatic rings. The second kappa shape index (κ2) is 3.29. The second-order valence-electron chi connectivity index (χ2n) is 6.17. The van der Waals surface area contributed by atoms with Crippen LogP contribution in [0.5, 0.6) is 0 Å². The molecule has 0 spiro atoms. The van der Waals surface area contributed by atoms with E-state index >= 15 is 0 Å². The first kappa shape index (κ1) is 11.1. The molecule has 84 valence electrons. The molecule has 0 aliphatic carbocycles. The number of fused-ring (bicyclic) bond motifs is 2. The highest BCUT2D eigenvalue weighted by Gasteiger charge is 2.50. The summed E-state index contributed by atoms with van der Waals surface area (Å²) < 4.78 is 5.96. The van der Waals surface area contributed by atoms with Crippen LogP contribution >= 0.6 is 0 Å². The zero-order chi connectivity index (χ0) is 11.3. The van der Waals surface area contributed by atoms with Crippen LogP contribution in [-0.4, -0.2) is 25.6 Å². The average molecular weight is 224 g/mol. The minimum Gasteiger partial charge on any atom is -0.356 e. The van der Waals surface area contributed by atoms with Gasteiger partial charge in [0.1, 0.15) is 5.60 Å². The Labute approximate surface area is 92.7 Å². The maximum absolute atomic E-state index is 12.1. The van der Waals surface area contributed by atoms with E-state index in [-0.39, 0.29) is 6.10 Å². The van der Waals surface area contributed by atoms with Gasteiger partial charge < -0.3 is 4.74 Å². The molecule has 3 heteroatoms. The summed E-state index contributed by atoms with van der Waals surface area (Å²) in [4.78, 5) is 12.1. The second-order valence-corrected chi connectivity index (χ2v) is 11.6. The SMILES string of the molecule is CC1CC(=O)C2(C[Si](C)(C)C)C=CC1O2. The van der Waals surface area contributed by atoms with Gasteiger partial charge in [-0.3, -0.25) is 4.79 Å². The third kappa shape index (κ3) is 1.95. The van der Waals surface area contributed by atoms with Crippen LogP contribution in [0.2, 0.25) is 25.7 Å². The molecule has 0 radical (unpaired) electrons. The summed E-state index contributed by atoms with van der Waals surface area (Å²) in [6, 6.07) is 0.929. The predicted molar refractivity (Wildman–Crippen MR) is 63.7 cm³/mol. The summed E-state index contributed by atoms with van der Waals surface area (Å²) in [5.41, 5.74) is -0.540. The van der Waals surface area contributed by atoms with E-state index in [0.717, 1.165) is 6.04 Å². The summed E-state index contributed by atoms with van der Waals surface area (Å²) in [5.74, 6) is 0.647. The van der Waals surface area contributed by atoms with Gasteiger partial charge in [-0.25, -0.2) is 0 Å². The first-order chi connectivity index (χ1) is 6.82. The number of carbonyl (C=O) groups is 1. The Morgan fingerprint density at radius 3 is 2.80 bits per heavy atom. The fourth-order valence-corrected chi connectivity index (χ4v) is 4.58. The van der Waals surface area contributed by atoms with E-state index in [1.807, 2.05) is 6.08 Å². The predicted octanol–water partition coefficient (Wildman–Crippen LogP) is 2.63. The summed E-state index contributed by atoms with van der Waals surface area (Å²) in [6.45, 7) is 8.96. The first-order valence-electron chi connectivity index (χ1n) is 5.73. The Morgan fingerprint density at radius 2 is 2.20 bits per heavy atom. The maximum atomic E-state index is 12.1. The van der Waals surface area contributed by atoms with Crippen molar-refractivity contribution < 1.29 is 9.53 Å². The Bertz CT molecular complexity index is 316. The van der Waals surface area contributed by atoms with Crippen LogP contribution < -0.4 is 0 Å². The summed E-state index contributed by atoms with van der Waals surface area (Å²) >= 11 is 0. The standard InChI is InChI=1S/C12H20O2Si/c1-9-7-11(13)12(8-15(2,3)4)6-5-10(9)14-12/h5-6,9-10H,7-8H2,1-4H3. The lowest BCUT2D eigenvalue weighted by Gasteiger charge is -2.38. The number of ether oxygens (including phenoxy) is 1. The monoisotopic (exact) mass is 224 g/mol. The van der Waals surface area contributed by atoms with Crippen molar-refractivity contribution in [2.24, 2.45) is 5.92 Å². The lowest BCUT2D eigenvalue weighted by molar-refractivity contribution is -0.150. The number of hydrogen-bond donors (Lipinski definition) is 0. The highest BCUT2D eigenvalue weighted by Crippen LogP contribution is 2.41. The molecule has 1 saturated heterocycles. The van der Waals surface area contributed by atoms with Crippen LogP contribution in [0, 0.1) is 5.92 Å². The van der Waals surface area contributed by atoms with Crippen LogP contribution in [-0.2, 0) is 9.53 Å². The van der Waals surface area contributed by atoms with Crippen molar-refractivity contribution >= 4 is 13.9 Å². The van der Waals surface area contributed by atoms with Gasteiger partial charge in [0.25, 0.3) is 0 Å². The van der Waals surface area contributed by atoms with E-state index < -0.39 is 13.7 Å². The highest BCUT2D eigenvalue weighted by atomic mass is 28.3. The number of carbonyl (C=O) groups excluding carboxylic acids is 1. The zero-order valence-electron chi connectivity index (χ0n) is 10.0. The smallest absolute Gasteiger partial charge is 0.168 e. The van der Waals surface area contributed by atoms with Crippen molar-refractivity contribution in [3.63, 3.8) is 0 Å². The number of hydrogen-bond acceptors (Lipinski definition) is 2. The van der Waals surface area contributed by atoms with Crippen LogP contribution in [0.3, 0.4) is 0 Å². The Balaban J connectivity index is 2.23. The summed E-state index contributed by atoms with van der Waals surface area (Å²) in [5, 5.41) is 0. The van der Waals surface area contributed by atoms with Crippen molar-refractivity contribution in [1.29, 1.82) is 0 Å². The number of Topliss-reactive ketones (excluding diaryl/α,β-unsaturated/α-hetero) is 1. The minimum atomic E-state index is -1.27. The molecule has 15 heavy (non-hydrogen) atoms. The topological polar surface area (TPSA) is 26.3 Å². The van der Waals surface area contributed by atoms with E-state index in [1.54, 1.807) is 0 Å². The summed E-state index contributed by atoms with van der Waals surface area (Å²) in [7, 11) is -1.27. The number of ketones is 1. The Hall–Kier alpha value is -0.413. The van der Waals surface area contributed by atoms with Gasteiger partial charge in [-0.15, -0.1) is 0 Å². The molecule has 0 aromatic carbocycles. The summed E-state index contributed by atoms with van der Waals surface area (Å²) in [6.07, 6.45) is 4.98. The minimum absolute atomic E-state index is 0.180. The molecule has 3 unspecified atom stereocenters. The van der Waals surface area contributed by atoms with E-state index in [4.69, 9.17) is 4.74 Å². The molecule has 0 amide bonds. The lowest BCUT2D eigenvalue weighted by Crippen LogP contribution is -2.49. The third-order valence-electron chi connectivity index (χ3n) is 3.23. The van der Waals surface area contributed by atoms with Crippen LogP contribution in [0.15, 0.2) is 12.2 Å². The van der Waals surface area contributed by atoms with Gasteiger partial charge in [-0.2, -0.15) is 0 Å². The van der Waals surface area contributed by atoms with Gasteiger partial charge in [-0.1, -0.05) is 32.6 Å². The Morgan fingerprint density at radius 1 is 1.53 bits per heavy atom. The molecule has 3 atom stereocenters. The largest absolute Gasteiger partial charge is 0.356 e.